The van der Waals surface area contributed by atoms with Crippen LogP contribution in [0.1, 0.15) is 52.4 Å². The van der Waals surface area contributed by atoms with Crippen molar-refractivity contribution in [3.8, 4) is 0 Å². The van der Waals surface area contributed by atoms with Crippen LogP contribution < -0.4 is 0 Å². The van der Waals surface area contributed by atoms with Gasteiger partial charge in [0, 0.05) is 12.8 Å². The van der Waals surface area contributed by atoms with Crippen LogP contribution in [-0.2, 0) is 4.79 Å². The summed E-state index contributed by atoms with van der Waals surface area (Å²) in [6.45, 7) is 6.40. The Hall–Kier alpha value is -0.370. The lowest BCUT2D eigenvalue weighted by Crippen LogP contribution is -2.21. The van der Waals surface area contributed by atoms with Gasteiger partial charge in [-0.15, -0.1) is 0 Å². The van der Waals surface area contributed by atoms with Crippen LogP contribution in [-0.4, -0.2) is 30.8 Å². The van der Waals surface area contributed by atoms with Gasteiger partial charge in [0.2, 0.25) is 0 Å². The number of hydrogen-bond donors (Lipinski definition) is 0. The fourth-order valence-electron chi connectivity index (χ4n) is 1.47. The van der Waals surface area contributed by atoms with E-state index >= 15 is 0 Å². The molecular weight excluding hydrogens is 174 g/mol. The van der Waals surface area contributed by atoms with Crippen LogP contribution in [0.2, 0.25) is 0 Å². The zero-order valence-corrected chi connectivity index (χ0v) is 10.0. The van der Waals surface area contributed by atoms with Gasteiger partial charge in [0.05, 0.1) is 0 Å². The first-order valence-electron chi connectivity index (χ1n) is 5.91. The summed E-state index contributed by atoms with van der Waals surface area (Å²) in [7, 11) is 2.14. The Morgan fingerprint density at radius 2 is 1.71 bits per heavy atom. The van der Waals surface area contributed by atoms with Crippen molar-refractivity contribution in [1.82, 2.24) is 4.90 Å². The van der Waals surface area contributed by atoms with Crippen molar-refractivity contribution in [3.05, 3.63) is 0 Å². The van der Waals surface area contributed by atoms with Crippen LogP contribution >= 0.6 is 0 Å². The number of hydrogen-bond acceptors (Lipinski definition) is 2. The van der Waals surface area contributed by atoms with Crippen LogP contribution in [0, 0.1) is 0 Å². The van der Waals surface area contributed by atoms with E-state index in [1.165, 1.54) is 25.8 Å². The van der Waals surface area contributed by atoms with Gasteiger partial charge in [-0.05, 0) is 33.0 Å². The van der Waals surface area contributed by atoms with Crippen molar-refractivity contribution in [2.24, 2.45) is 0 Å². The molecule has 0 aliphatic rings. The van der Waals surface area contributed by atoms with Crippen molar-refractivity contribution in [2.45, 2.75) is 52.4 Å². The summed E-state index contributed by atoms with van der Waals surface area (Å²) >= 11 is 0. The summed E-state index contributed by atoms with van der Waals surface area (Å²) in [5.74, 6) is 0.395. The summed E-state index contributed by atoms with van der Waals surface area (Å²) in [4.78, 5) is 13.4. The van der Waals surface area contributed by atoms with E-state index in [0.717, 1.165) is 19.4 Å². The van der Waals surface area contributed by atoms with Gasteiger partial charge in [-0.25, -0.2) is 0 Å². The normalized spacial score (nSPS) is 10.9. The highest BCUT2D eigenvalue weighted by molar-refractivity contribution is 5.77. The second kappa shape index (κ2) is 9.20. The van der Waals surface area contributed by atoms with Gasteiger partial charge in [0.25, 0.3) is 0 Å². The Bertz CT molecular complexity index is 145. The van der Waals surface area contributed by atoms with Crippen molar-refractivity contribution in [2.75, 3.05) is 20.1 Å². The lowest BCUT2D eigenvalue weighted by molar-refractivity contribution is -0.118. The molecule has 14 heavy (non-hydrogen) atoms. The number of unbranched alkanes of at least 4 members (excludes halogenated alkanes) is 2. The largest absolute Gasteiger partial charge is 0.306 e. The number of carbonyl (C=O) groups excluding carboxylic acids is 1. The number of rotatable bonds is 9. The first kappa shape index (κ1) is 13.6. The molecule has 0 aromatic rings. The molecule has 0 fully saturated rings. The maximum absolute atomic E-state index is 11.0. The molecule has 0 spiro atoms. The lowest BCUT2D eigenvalue weighted by Gasteiger charge is -2.15. The molecule has 0 aliphatic heterocycles. The summed E-state index contributed by atoms with van der Waals surface area (Å²) in [6.07, 6.45) is 6.36. The Morgan fingerprint density at radius 1 is 1.07 bits per heavy atom. The fourth-order valence-corrected chi connectivity index (χ4v) is 1.47. The molecule has 0 aromatic carbocycles. The second-order valence-corrected chi connectivity index (χ2v) is 4.01. The molecule has 0 saturated heterocycles. The van der Waals surface area contributed by atoms with Gasteiger partial charge in [-0.3, -0.25) is 4.79 Å². The molecular formula is C12H25NO. The third-order valence-corrected chi connectivity index (χ3v) is 2.53. The first-order valence-corrected chi connectivity index (χ1v) is 5.91. The minimum atomic E-state index is 0.395. The quantitative estimate of drug-likeness (QED) is 0.532. The van der Waals surface area contributed by atoms with E-state index in [2.05, 4.69) is 18.9 Å². The van der Waals surface area contributed by atoms with Gasteiger partial charge in [-0.2, -0.15) is 0 Å². The van der Waals surface area contributed by atoms with E-state index < -0.39 is 0 Å². The van der Waals surface area contributed by atoms with E-state index in [-0.39, 0.29) is 0 Å². The van der Waals surface area contributed by atoms with Crippen LogP contribution in [0.25, 0.3) is 0 Å². The number of carbonyl (C=O) groups is 1. The molecule has 0 radical (unpaired) electrons. The highest BCUT2D eigenvalue weighted by atomic mass is 16.1. The third-order valence-electron chi connectivity index (χ3n) is 2.53. The topological polar surface area (TPSA) is 20.3 Å². The molecule has 0 atom stereocenters. The number of Topliss-reactive ketones (excluding diaryl/α,β-unsaturated/α-hetero) is 1. The van der Waals surface area contributed by atoms with Crippen molar-refractivity contribution in [1.29, 1.82) is 0 Å². The molecule has 2 nitrogen and oxygen atoms in total. The molecule has 0 bridgehead atoms. The molecule has 0 aromatic heterocycles. The van der Waals surface area contributed by atoms with Gasteiger partial charge in [0.15, 0.2) is 0 Å². The highest BCUT2D eigenvalue weighted by Crippen LogP contribution is 2.00. The van der Waals surface area contributed by atoms with Crippen LogP contribution in [0.4, 0.5) is 0 Å². The number of nitrogens with zero attached hydrogens (tertiary/aromatic N) is 1. The van der Waals surface area contributed by atoms with Crippen molar-refractivity contribution >= 4 is 5.78 Å². The molecule has 0 unspecified atom stereocenters. The molecule has 0 amide bonds. The van der Waals surface area contributed by atoms with E-state index in [1.807, 2.05) is 6.92 Å². The van der Waals surface area contributed by atoms with Crippen LogP contribution in [0.3, 0.4) is 0 Å². The Labute approximate surface area is 88.7 Å². The molecule has 2 heteroatoms. The monoisotopic (exact) mass is 199 g/mol. The summed E-state index contributed by atoms with van der Waals surface area (Å²) in [5, 5.41) is 0. The maximum atomic E-state index is 11.0. The SMILES string of the molecule is CCCCCN(C)CCCC(=O)CC. The average Bonchev–Trinajstić information content (AvgIpc) is 2.18. The van der Waals surface area contributed by atoms with Crippen LogP contribution in [0.5, 0.6) is 0 Å². The van der Waals surface area contributed by atoms with E-state index in [1.54, 1.807) is 0 Å². The van der Waals surface area contributed by atoms with Gasteiger partial charge in [0.1, 0.15) is 5.78 Å². The predicted molar refractivity (Wildman–Crippen MR) is 61.6 cm³/mol. The minimum Gasteiger partial charge on any atom is -0.306 e. The lowest BCUT2D eigenvalue weighted by atomic mass is 10.2. The summed E-state index contributed by atoms with van der Waals surface area (Å²) in [5.41, 5.74) is 0. The zero-order chi connectivity index (χ0) is 10.8. The maximum Gasteiger partial charge on any atom is 0.132 e. The standard InChI is InChI=1S/C12H25NO/c1-4-6-7-10-13(3)11-8-9-12(14)5-2/h4-11H2,1-3H3. The summed E-state index contributed by atoms with van der Waals surface area (Å²) in [6, 6.07) is 0. The average molecular weight is 199 g/mol. The number of ketones is 1. The van der Waals surface area contributed by atoms with Gasteiger partial charge < -0.3 is 4.90 Å². The highest BCUT2D eigenvalue weighted by Gasteiger charge is 2.00. The van der Waals surface area contributed by atoms with E-state index in [4.69, 9.17) is 0 Å². The van der Waals surface area contributed by atoms with Crippen molar-refractivity contribution in [3.63, 3.8) is 0 Å². The molecule has 0 aliphatic carbocycles. The van der Waals surface area contributed by atoms with Crippen molar-refractivity contribution < 1.29 is 4.79 Å². The Morgan fingerprint density at radius 3 is 2.29 bits per heavy atom. The molecule has 0 heterocycles. The van der Waals surface area contributed by atoms with E-state index in [0.29, 0.717) is 12.2 Å². The van der Waals surface area contributed by atoms with Crippen LogP contribution in [0.15, 0.2) is 0 Å². The second-order valence-electron chi connectivity index (χ2n) is 4.01. The third kappa shape index (κ3) is 8.24. The van der Waals surface area contributed by atoms with E-state index in [9.17, 15) is 4.79 Å². The minimum absolute atomic E-state index is 0.395. The zero-order valence-electron chi connectivity index (χ0n) is 10.0. The van der Waals surface area contributed by atoms with Gasteiger partial charge in [-0.1, -0.05) is 26.7 Å². The van der Waals surface area contributed by atoms with Gasteiger partial charge >= 0.3 is 0 Å². The smallest absolute Gasteiger partial charge is 0.132 e. The molecule has 0 N–H and O–H groups in total. The predicted octanol–water partition coefficient (Wildman–Crippen LogP) is 2.87. The molecule has 84 valence electrons. The molecule has 0 rings (SSSR count). The molecule has 0 saturated carbocycles. The first-order chi connectivity index (χ1) is 6.70. The Balaban J connectivity index is 3.26. The Kier molecular flexibility index (Phi) is 8.95. The fraction of sp³-hybridized carbons (Fsp3) is 0.917. The summed E-state index contributed by atoms with van der Waals surface area (Å²) < 4.78 is 0.